The summed E-state index contributed by atoms with van der Waals surface area (Å²) in [6.07, 6.45) is 2.82. The number of rotatable bonds is 10. The van der Waals surface area contributed by atoms with Gasteiger partial charge in [-0.1, -0.05) is 30.3 Å². The standard InChI is InChI=1S/C24H29NO3/c1-18(2)28-20-12-10-19(11-13-20)22(23-8-4-5-9-24(23)26-3)14-15-25-17-21-7-6-16-27-21/h4-13,16,18,22,25H,14-15,17H2,1-3H3/t22-/m0/s1. The van der Waals surface area contributed by atoms with Crippen LogP contribution in [-0.4, -0.2) is 19.8 Å². The van der Waals surface area contributed by atoms with E-state index in [1.807, 2.05) is 50.2 Å². The molecule has 0 fully saturated rings. The van der Waals surface area contributed by atoms with Crippen LogP contribution in [0.25, 0.3) is 0 Å². The van der Waals surface area contributed by atoms with Crippen molar-refractivity contribution in [3.63, 3.8) is 0 Å². The lowest BCUT2D eigenvalue weighted by atomic mass is 9.88. The van der Waals surface area contributed by atoms with Crippen molar-refractivity contribution in [2.24, 2.45) is 0 Å². The van der Waals surface area contributed by atoms with E-state index in [0.717, 1.165) is 36.8 Å². The van der Waals surface area contributed by atoms with Crippen LogP contribution in [0.4, 0.5) is 0 Å². The predicted octanol–water partition coefficient (Wildman–Crippen LogP) is 5.39. The third kappa shape index (κ3) is 5.40. The Balaban J connectivity index is 1.75. The summed E-state index contributed by atoms with van der Waals surface area (Å²) < 4.78 is 16.8. The first kappa shape index (κ1) is 20.0. The Morgan fingerprint density at radius 3 is 2.43 bits per heavy atom. The molecule has 0 radical (unpaired) electrons. The van der Waals surface area contributed by atoms with Crippen molar-refractivity contribution < 1.29 is 13.9 Å². The Hall–Kier alpha value is -2.72. The molecule has 1 atom stereocenters. The van der Waals surface area contributed by atoms with E-state index in [1.54, 1.807) is 13.4 Å². The zero-order valence-corrected chi connectivity index (χ0v) is 16.9. The van der Waals surface area contributed by atoms with Gasteiger partial charge in [0.05, 0.1) is 26.0 Å². The normalized spacial score (nSPS) is 12.1. The molecule has 2 aromatic carbocycles. The maximum Gasteiger partial charge on any atom is 0.122 e. The monoisotopic (exact) mass is 379 g/mol. The Morgan fingerprint density at radius 1 is 0.964 bits per heavy atom. The molecule has 1 N–H and O–H groups in total. The quantitative estimate of drug-likeness (QED) is 0.480. The molecule has 0 unspecified atom stereocenters. The zero-order chi connectivity index (χ0) is 19.8. The van der Waals surface area contributed by atoms with E-state index in [0.29, 0.717) is 0 Å². The van der Waals surface area contributed by atoms with Gasteiger partial charge in [0, 0.05) is 11.5 Å². The minimum absolute atomic E-state index is 0.168. The second-order valence-electron chi connectivity index (χ2n) is 7.07. The van der Waals surface area contributed by atoms with Gasteiger partial charge in [0.25, 0.3) is 0 Å². The Morgan fingerprint density at radius 2 is 1.75 bits per heavy atom. The molecule has 3 aromatic rings. The molecular weight excluding hydrogens is 350 g/mol. The van der Waals surface area contributed by atoms with Crippen LogP contribution < -0.4 is 14.8 Å². The molecule has 0 saturated heterocycles. The SMILES string of the molecule is COc1ccccc1[C@@H](CCNCc1ccco1)c1ccc(OC(C)C)cc1. The van der Waals surface area contributed by atoms with Crippen molar-refractivity contribution in [2.45, 2.75) is 38.8 Å². The van der Waals surface area contributed by atoms with Gasteiger partial charge in [0.15, 0.2) is 0 Å². The summed E-state index contributed by atoms with van der Waals surface area (Å²) in [5, 5.41) is 3.47. The molecule has 0 aliphatic heterocycles. The zero-order valence-electron chi connectivity index (χ0n) is 16.9. The summed E-state index contributed by atoms with van der Waals surface area (Å²) in [5.74, 6) is 2.99. The molecule has 148 valence electrons. The first-order valence-corrected chi connectivity index (χ1v) is 9.80. The largest absolute Gasteiger partial charge is 0.496 e. The molecule has 0 aliphatic carbocycles. The number of nitrogens with one attached hydrogen (secondary N) is 1. The number of benzene rings is 2. The lowest BCUT2D eigenvalue weighted by Gasteiger charge is -2.21. The van der Waals surface area contributed by atoms with Crippen LogP contribution in [0.5, 0.6) is 11.5 Å². The number of hydrogen-bond donors (Lipinski definition) is 1. The van der Waals surface area contributed by atoms with Crippen LogP contribution in [0.2, 0.25) is 0 Å². The molecule has 3 rings (SSSR count). The number of methoxy groups -OCH3 is 1. The third-order valence-corrected chi connectivity index (χ3v) is 4.66. The predicted molar refractivity (Wildman–Crippen MR) is 112 cm³/mol. The third-order valence-electron chi connectivity index (χ3n) is 4.66. The van der Waals surface area contributed by atoms with E-state index in [4.69, 9.17) is 13.9 Å². The molecule has 0 bridgehead atoms. The summed E-state index contributed by atoms with van der Waals surface area (Å²) in [7, 11) is 1.73. The summed E-state index contributed by atoms with van der Waals surface area (Å²) in [5.41, 5.74) is 2.45. The number of furan rings is 1. The highest BCUT2D eigenvalue weighted by molar-refractivity contribution is 5.43. The molecule has 28 heavy (non-hydrogen) atoms. The topological polar surface area (TPSA) is 43.6 Å². The molecule has 1 aromatic heterocycles. The molecule has 4 nitrogen and oxygen atoms in total. The molecule has 0 aliphatic rings. The maximum atomic E-state index is 5.79. The average Bonchev–Trinajstić information content (AvgIpc) is 3.22. The highest BCUT2D eigenvalue weighted by Gasteiger charge is 2.18. The van der Waals surface area contributed by atoms with Crippen molar-refractivity contribution in [3.05, 3.63) is 83.8 Å². The summed E-state index contributed by atoms with van der Waals surface area (Å²) in [6, 6.07) is 20.5. The van der Waals surface area contributed by atoms with Gasteiger partial charge in [0.1, 0.15) is 17.3 Å². The number of hydrogen-bond acceptors (Lipinski definition) is 4. The van der Waals surface area contributed by atoms with Crippen LogP contribution in [-0.2, 0) is 6.54 Å². The van der Waals surface area contributed by atoms with Crippen molar-refractivity contribution in [1.82, 2.24) is 5.32 Å². The second kappa shape index (κ2) is 10.00. The van der Waals surface area contributed by atoms with Crippen molar-refractivity contribution in [2.75, 3.05) is 13.7 Å². The second-order valence-corrected chi connectivity index (χ2v) is 7.07. The fourth-order valence-corrected chi connectivity index (χ4v) is 3.38. The molecule has 1 heterocycles. The summed E-state index contributed by atoms with van der Waals surface area (Å²) in [6.45, 7) is 5.67. The Labute approximate surface area is 167 Å². The van der Waals surface area contributed by atoms with E-state index in [1.165, 1.54) is 11.1 Å². The lowest BCUT2D eigenvalue weighted by molar-refractivity contribution is 0.242. The van der Waals surface area contributed by atoms with Crippen molar-refractivity contribution in [3.8, 4) is 11.5 Å². The van der Waals surface area contributed by atoms with E-state index in [9.17, 15) is 0 Å². The molecule has 0 amide bonds. The van der Waals surface area contributed by atoms with Gasteiger partial charge in [-0.2, -0.15) is 0 Å². The smallest absolute Gasteiger partial charge is 0.122 e. The first-order chi connectivity index (χ1) is 13.7. The molecule has 4 heteroatoms. The van der Waals surface area contributed by atoms with Crippen LogP contribution in [0.1, 0.15) is 43.1 Å². The van der Waals surface area contributed by atoms with E-state index < -0.39 is 0 Å². The van der Waals surface area contributed by atoms with Crippen LogP contribution in [0.3, 0.4) is 0 Å². The van der Waals surface area contributed by atoms with E-state index in [-0.39, 0.29) is 12.0 Å². The maximum absolute atomic E-state index is 5.79. The van der Waals surface area contributed by atoms with Crippen LogP contribution in [0, 0.1) is 0 Å². The highest BCUT2D eigenvalue weighted by Crippen LogP contribution is 2.34. The average molecular weight is 380 g/mol. The Kier molecular flexibility index (Phi) is 7.15. The van der Waals surface area contributed by atoms with Gasteiger partial charge in [-0.25, -0.2) is 0 Å². The van der Waals surface area contributed by atoms with Crippen LogP contribution >= 0.6 is 0 Å². The van der Waals surface area contributed by atoms with Gasteiger partial charge >= 0.3 is 0 Å². The molecular formula is C24H29NO3. The van der Waals surface area contributed by atoms with Gasteiger partial charge in [-0.05, 0) is 62.7 Å². The minimum atomic E-state index is 0.168. The minimum Gasteiger partial charge on any atom is -0.496 e. The van der Waals surface area contributed by atoms with E-state index in [2.05, 4.69) is 29.6 Å². The first-order valence-electron chi connectivity index (χ1n) is 9.80. The fraction of sp³-hybridized carbons (Fsp3) is 0.333. The van der Waals surface area contributed by atoms with E-state index >= 15 is 0 Å². The number of ether oxygens (including phenoxy) is 2. The van der Waals surface area contributed by atoms with Gasteiger partial charge in [0.2, 0.25) is 0 Å². The Bertz CT molecular complexity index is 825. The van der Waals surface area contributed by atoms with Crippen molar-refractivity contribution in [1.29, 1.82) is 0 Å². The summed E-state index contributed by atoms with van der Waals surface area (Å²) in [4.78, 5) is 0. The summed E-state index contributed by atoms with van der Waals surface area (Å²) >= 11 is 0. The van der Waals surface area contributed by atoms with Gasteiger partial charge < -0.3 is 19.2 Å². The highest BCUT2D eigenvalue weighted by atomic mass is 16.5. The fourth-order valence-electron chi connectivity index (χ4n) is 3.38. The lowest BCUT2D eigenvalue weighted by Crippen LogP contribution is -2.18. The van der Waals surface area contributed by atoms with Crippen molar-refractivity contribution >= 4 is 0 Å². The van der Waals surface area contributed by atoms with Gasteiger partial charge in [-0.15, -0.1) is 0 Å². The molecule has 0 saturated carbocycles. The van der Waals surface area contributed by atoms with Crippen LogP contribution in [0.15, 0.2) is 71.3 Å². The number of para-hydroxylation sites is 1. The van der Waals surface area contributed by atoms with Gasteiger partial charge in [-0.3, -0.25) is 0 Å². The molecule has 0 spiro atoms.